The van der Waals surface area contributed by atoms with Crippen molar-refractivity contribution < 1.29 is 8.42 Å². The number of hydrogen-bond acceptors (Lipinski definition) is 3. The molecule has 4 nitrogen and oxygen atoms in total. The van der Waals surface area contributed by atoms with E-state index in [1.54, 1.807) is 30.5 Å². The number of rotatable bonds is 5. The molecule has 1 unspecified atom stereocenters. The molecule has 0 bridgehead atoms. The average Bonchev–Trinajstić information content (AvgIpc) is 2.62. The minimum absolute atomic E-state index is 0.156. The molecule has 0 spiro atoms. The molecule has 0 fully saturated rings. The zero-order valence-corrected chi connectivity index (χ0v) is 14.2. The van der Waals surface area contributed by atoms with E-state index in [0.29, 0.717) is 10.7 Å². The number of nitrogens with one attached hydrogen (secondary N) is 1. The lowest BCUT2D eigenvalue weighted by atomic mass is 10.0. The average molecular weight is 359 g/mol. The fraction of sp³-hybridized carbons (Fsp3) is 0.0556. The molecule has 1 N–H and O–H groups in total. The van der Waals surface area contributed by atoms with Crippen LogP contribution in [-0.2, 0) is 10.0 Å². The van der Waals surface area contributed by atoms with Gasteiger partial charge in [0.25, 0.3) is 0 Å². The van der Waals surface area contributed by atoms with Gasteiger partial charge in [-0.3, -0.25) is 4.98 Å². The fourth-order valence-corrected chi connectivity index (χ4v) is 3.65. The fourth-order valence-electron chi connectivity index (χ4n) is 2.33. The van der Waals surface area contributed by atoms with Crippen molar-refractivity contribution in [2.75, 3.05) is 0 Å². The lowest BCUT2D eigenvalue weighted by Crippen LogP contribution is -2.30. The molecule has 1 atom stereocenters. The summed E-state index contributed by atoms with van der Waals surface area (Å²) in [6.45, 7) is 0. The Morgan fingerprint density at radius 1 is 0.875 bits per heavy atom. The molecule has 3 rings (SSSR count). The van der Waals surface area contributed by atoms with Crippen LogP contribution in [-0.4, -0.2) is 13.4 Å². The number of benzene rings is 2. The van der Waals surface area contributed by atoms with Crippen molar-refractivity contribution in [1.29, 1.82) is 0 Å². The molecule has 0 radical (unpaired) electrons. The van der Waals surface area contributed by atoms with Crippen molar-refractivity contribution >= 4 is 21.6 Å². The number of hydrogen-bond donors (Lipinski definition) is 1. The summed E-state index contributed by atoms with van der Waals surface area (Å²) < 4.78 is 28.2. The molecule has 122 valence electrons. The van der Waals surface area contributed by atoms with Gasteiger partial charge in [0.05, 0.1) is 16.6 Å². The van der Waals surface area contributed by atoms with Crippen LogP contribution in [0.4, 0.5) is 0 Å². The van der Waals surface area contributed by atoms with Crippen LogP contribution in [0.3, 0.4) is 0 Å². The highest BCUT2D eigenvalue weighted by Gasteiger charge is 2.23. The van der Waals surface area contributed by atoms with Gasteiger partial charge in [-0.1, -0.05) is 48.0 Å². The molecule has 0 saturated carbocycles. The number of aromatic nitrogens is 1. The Morgan fingerprint density at radius 2 is 1.54 bits per heavy atom. The standard InChI is InChI=1S/C18H15ClN2O2S/c19-15-9-11-16(12-10-15)24(22,23)21-18(14-6-2-1-3-7-14)17-8-4-5-13-20-17/h1-13,18,21H. The zero-order valence-electron chi connectivity index (χ0n) is 12.6. The second-order valence-corrected chi connectivity index (χ2v) is 7.32. The summed E-state index contributed by atoms with van der Waals surface area (Å²) in [6.07, 6.45) is 1.64. The molecule has 1 aromatic heterocycles. The first-order valence-corrected chi connectivity index (χ1v) is 9.16. The van der Waals surface area contributed by atoms with Crippen LogP contribution in [0.25, 0.3) is 0 Å². The van der Waals surface area contributed by atoms with Gasteiger partial charge in [-0.15, -0.1) is 0 Å². The largest absolute Gasteiger partial charge is 0.259 e. The van der Waals surface area contributed by atoms with Gasteiger partial charge >= 0.3 is 0 Å². The first-order chi connectivity index (χ1) is 11.6. The van der Waals surface area contributed by atoms with Crippen molar-refractivity contribution in [2.24, 2.45) is 0 Å². The van der Waals surface area contributed by atoms with Crippen LogP contribution in [0.2, 0.25) is 5.02 Å². The summed E-state index contributed by atoms with van der Waals surface area (Å²) in [5, 5.41) is 0.485. The number of nitrogens with zero attached hydrogens (tertiary/aromatic N) is 1. The molecule has 0 saturated heterocycles. The van der Waals surface area contributed by atoms with Crippen molar-refractivity contribution in [3.05, 3.63) is 95.3 Å². The minimum Gasteiger partial charge on any atom is -0.259 e. The molecular formula is C18H15ClN2O2S. The lowest BCUT2D eigenvalue weighted by Gasteiger charge is -2.19. The monoisotopic (exact) mass is 358 g/mol. The molecule has 0 aliphatic heterocycles. The Kier molecular flexibility index (Phi) is 4.94. The summed E-state index contributed by atoms with van der Waals surface area (Å²) in [7, 11) is -3.72. The molecule has 1 heterocycles. The topological polar surface area (TPSA) is 59.1 Å². The molecule has 6 heteroatoms. The van der Waals surface area contributed by atoms with Crippen molar-refractivity contribution in [2.45, 2.75) is 10.9 Å². The third kappa shape index (κ3) is 3.82. The van der Waals surface area contributed by atoms with Crippen LogP contribution in [0.1, 0.15) is 17.3 Å². The van der Waals surface area contributed by atoms with Gasteiger partial charge in [0, 0.05) is 11.2 Å². The molecule has 2 aromatic carbocycles. The minimum atomic E-state index is -3.72. The van der Waals surface area contributed by atoms with Gasteiger partial charge in [-0.05, 0) is 42.0 Å². The van der Waals surface area contributed by atoms with E-state index in [2.05, 4.69) is 9.71 Å². The normalized spacial score (nSPS) is 12.7. The third-order valence-corrected chi connectivity index (χ3v) is 5.20. The summed E-state index contributed by atoms with van der Waals surface area (Å²) in [4.78, 5) is 4.46. The molecular weight excluding hydrogens is 344 g/mol. The maximum atomic E-state index is 12.7. The van der Waals surface area contributed by atoms with E-state index in [9.17, 15) is 8.42 Å². The number of pyridine rings is 1. The third-order valence-electron chi connectivity index (χ3n) is 3.51. The van der Waals surface area contributed by atoms with Crippen LogP contribution >= 0.6 is 11.6 Å². The quantitative estimate of drug-likeness (QED) is 0.754. The first kappa shape index (κ1) is 16.6. The van der Waals surface area contributed by atoms with Gasteiger partial charge in [0.2, 0.25) is 10.0 Å². The molecule has 24 heavy (non-hydrogen) atoms. The van der Waals surface area contributed by atoms with E-state index < -0.39 is 16.1 Å². The van der Waals surface area contributed by atoms with Crippen LogP contribution in [0, 0.1) is 0 Å². The highest BCUT2D eigenvalue weighted by Crippen LogP contribution is 2.23. The van der Waals surface area contributed by atoms with E-state index in [1.807, 2.05) is 36.4 Å². The zero-order chi connectivity index (χ0) is 17.0. The summed E-state index contributed by atoms with van der Waals surface area (Å²) in [6, 6.07) is 20.2. The Bertz CT molecular complexity index is 859. The van der Waals surface area contributed by atoms with Gasteiger partial charge in [0.15, 0.2) is 0 Å². The summed E-state index contributed by atoms with van der Waals surface area (Å²) in [5.41, 5.74) is 1.44. The van der Waals surface area contributed by atoms with E-state index >= 15 is 0 Å². The van der Waals surface area contributed by atoms with Crippen molar-refractivity contribution in [3.8, 4) is 0 Å². The Hall–Kier alpha value is -2.21. The van der Waals surface area contributed by atoms with Crippen molar-refractivity contribution in [3.63, 3.8) is 0 Å². The Labute approximate surface area is 146 Å². The SMILES string of the molecule is O=S(=O)(NC(c1ccccc1)c1ccccn1)c1ccc(Cl)cc1. The molecule has 0 amide bonds. The van der Waals surface area contributed by atoms with Gasteiger partial charge in [0.1, 0.15) is 0 Å². The number of sulfonamides is 1. The predicted octanol–water partition coefficient (Wildman–Crippen LogP) is 3.80. The highest BCUT2D eigenvalue weighted by molar-refractivity contribution is 7.89. The van der Waals surface area contributed by atoms with E-state index in [0.717, 1.165) is 5.56 Å². The Morgan fingerprint density at radius 3 is 2.17 bits per heavy atom. The van der Waals surface area contributed by atoms with Crippen molar-refractivity contribution in [1.82, 2.24) is 9.71 Å². The van der Waals surface area contributed by atoms with Gasteiger partial charge in [-0.2, -0.15) is 4.72 Å². The summed E-state index contributed by atoms with van der Waals surface area (Å²) >= 11 is 5.83. The Balaban J connectivity index is 1.99. The molecule has 0 aliphatic carbocycles. The second kappa shape index (κ2) is 7.13. The van der Waals surface area contributed by atoms with Gasteiger partial charge < -0.3 is 0 Å². The van der Waals surface area contributed by atoms with E-state index in [-0.39, 0.29) is 4.90 Å². The first-order valence-electron chi connectivity index (χ1n) is 7.30. The maximum absolute atomic E-state index is 12.7. The van der Waals surface area contributed by atoms with E-state index in [1.165, 1.54) is 12.1 Å². The second-order valence-electron chi connectivity index (χ2n) is 5.17. The van der Waals surface area contributed by atoms with Crippen LogP contribution in [0.15, 0.2) is 83.9 Å². The van der Waals surface area contributed by atoms with Gasteiger partial charge in [-0.25, -0.2) is 8.42 Å². The maximum Gasteiger partial charge on any atom is 0.241 e. The molecule has 0 aliphatic rings. The van der Waals surface area contributed by atoms with Crippen LogP contribution < -0.4 is 4.72 Å². The lowest BCUT2D eigenvalue weighted by molar-refractivity contribution is 0.570. The number of halogens is 1. The van der Waals surface area contributed by atoms with Crippen LogP contribution in [0.5, 0.6) is 0 Å². The molecule has 3 aromatic rings. The highest BCUT2D eigenvalue weighted by atomic mass is 35.5. The van der Waals surface area contributed by atoms with E-state index in [4.69, 9.17) is 11.6 Å². The summed E-state index contributed by atoms with van der Waals surface area (Å²) in [5.74, 6) is 0. The smallest absolute Gasteiger partial charge is 0.241 e. The predicted molar refractivity (Wildman–Crippen MR) is 94.3 cm³/mol.